The molecule has 1 saturated heterocycles. The summed E-state index contributed by atoms with van der Waals surface area (Å²) >= 11 is 9.31. The highest BCUT2D eigenvalue weighted by Gasteiger charge is 2.57. The Balaban J connectivity index is 0.00000147. The molecular formula is C14H17BrCl2N2O. The van der Waals surface area contributed by atoms with E-state index < -0.39 is 0 Å². The van der Waals surface area contributed by atoms with Crippen LogP contribution in [-0.2, 0) is 4.79 Å². The van der Waals surface area contributed by atoms with Gasteiger partial charge >= 0.3 is 0 Å². The van der Waals surface area contributed by atoms with E-state index in [0.717, 1.165) is 42.5 Å². The molecule has 1 spiro atoms. The Morgan fingerprint density at radius 2 is 2.10 bits per heavy atom. The zero-order valence-corrected chi connectivity index (χ0v) is 14.1. The van der Waals surface area contributed by atoms with E-state index in [1.54, 1.807) is 6.07 Å². The van der Waals surface area contributed by atoms with E-state index in [9.17, 15) is 4.79 Å². The van der Waals surface area contributed by atoms with Gasteiger partial charge in [-0.15, -0.1) is 12.4 Å². The van der Waals surface area contributed by atoms with E-state index in [0.29, 0.717) is 5.02 Å². The lowest BCUT2D eigenvalue weighted by Crippen LogP contribution is -2.31. The summed E-state index contributed by atoms with van der Waals surface area (Å²) in [6, 6.07) is 5.47. The van der Waals surface area contributed by atoms with Crippen LogP contribution in [-0.4, -0.2) is 19.0 Å². The van der Waals surface area contributed by atoms with Crippen molar-refractivity contribution in [2.24, 2.45) is 11.3 Å². The van der Waals surface area contributed by atoms with Crippen LogP contribution in [0, 0.1) is 11.3 Å². The molecule has 110 valence electrons. The van der Waals surface area contributed by atoms with Crippen molar-refractivity contribution in [2.75, 3.05) is 18.4 Å². The number of rotatable bonds is 2. The maximum atomic E-state index is 12.3. The minimum Gasteiger partial charge on any atom is -0.326 e. The van der Waals surface area contributed by atoms with Gasteiger partial charge in [0.05, 0.1) is 5.02 Å². The number of benzene rings is 1. The van der Waals surface area contributed by atoms with E-state index in [1.807, 2.05) is 12.1 Å². The molecule has 2 aliphatic rings. The third kappa shape index (κ3) is 3.14. The number of halogens is 3. The smallest absolute Gasteiger partial charge is 0.228 e. The largest absolute Gasteiger partial charge is 0.326 e. The first-order valence-corrected chi connectivity index (χ1v) is 7.74. The summed E-state index contributed by atoms with van der Waals surface area (Å²) in [5.41, 5.74) is 1.08. The monoisotopic (exact) mass is 378 g/mol. The zero-order valence-electron chi connectivity index (χ0n) is 10.9. The molecule has 3 nitrogen and oxygen atoms in total. The van der Waals surface area contributed by atoms with E-state index >= 15 is 0 Å². The van der Waals surface area contributed by atoms with Crippen LogP contribution in [0.4, 0.5) is 5.69 Å². The minimum atomic E-state index is 0. The number of amides is 1. The Bertz CT molecular complexity index is 518. The fourth-order valence-electron chi connectivity index (χ4n) is 3.00. The summed E-state index contributed by atoms with van der Waals surface area (Å²) in [6.45, 7) is 2.08. The number of nitrogens with one attached hydrogen (secondary N) is 2. The van der Waals surface area contributed by atoms with Gasteiger partial charge in [-0.1, -0.05) is 11.6 Å². The molecule has 3 rings (SSSR count). The van der Waals surface area contributed by atoms with Crippen molar-refractivity contribution in [3.8, 4) is 0 Å². The number of hydrogen-bond acceptors (Lipinski definition) is 2. The fourth-order valence-corrected chi connectivity index (χ4v) is 3.50. The lowest BCUT2D eigenvalue weighted by molar-refractivity contribution is -0.118. The highest BCUT2D eigenvalue weighted by atomic mass is 79.9. The molecule has 1 aliphatic heterocycles. The normalized spacial score (nSPS) is 23.0. The summed E-state index contributed by atoms with van der Waals surface area (Å²) in [4.78, 5) is 12.3. The van der Waals surface area contributed by atoms with Crippen molar-refractivity contribution in [3.05, 3.63) is 27.7 Å². The van der Waals surface area contributed by atoms with Gasteiger partial charge in [-0.05, 0) is 71.9 Å². The minimum absolute atomic E-state index is 0. The van der Waals surface area contributed by atoms with Crippen LogP contribution in [0.2, 0.25) is 5.02 Å². The summed E-state index contributed by atoms with van der Waals surface area (Å²) in [5.74, 6) is 0.333. The predicted octanol–water partition coefficient (Wildman–Crippen LogP) is 3.85. The van der Waals surface area contributed by atoms with Crippen LogP contribution in [0.25, 0.3) is 0 Å². The molecule has 2 N–H and O–H groups in total. The van der Waals surface area contributed by atoms with Crippen LogP contribution < -0.4 is 10.6 Å². The third-order valence-electron chi connectivity index (χ3n) is 4.29. The van der Waals surface area contributed by atoms with E-state index in [-0.39, 0.29) is 29.6 Å². The lowest BCUT2D eigenvalue weighted by Gasteiger charge is -2.23. The molecule has 0 radical (unpaired) electrons. The van der Waals surface area contributed by atoms with Crippen LogP contribution in [0.5, 0.6) is 0 Å². The van der Waals surface area contributed by atoms with Gasteiger partial charge in [-0.25, -0.2) is 0 Å². The lowest BCUT2D eigenvalue weighted by atomic mass is 9.92. The van der Waals surface area contributed by atoms with Crippen molar-refractivity contribution in [3.63, 3.8) is 0 Å². The van der Waals surface area contributed by atoms with Gasteiger partial charge in [0.25, 0.3) is 0 Å². The molecule has 1 heterocycles. The Kier molecular flexibility index (Phi) is 5.00. The van der Waals surface area contributed by atoms with Crippen LogP contribution in [0.3, 0.4) is 0 Å². The molecule has 1 aromatic rings. The summed E-state index contributed by atoms with van der Waals surface area (Å²) in [5, 5.41) is 7.00. The molecule has 1 unspecified atom stereocenters. The average Bonchev–Trinajstić information content (AvgIpc) is 3.08. The second kappa shape index (κ2) is 6.22. The SMILES string of the molecule is Cl.O=C(Nc1ccc(Cl)c(Br)c1)C1CC12CCNCC2. The molecular weight excluding hydrogens is 363 g/mol. The zero-order chi connectivity index (χ0) is 13.5. The van der Waals surface area contributed by atoms with Gasteiger partial charge in [0.1, 0.15) is 0 Å². The third-order valence-corrected chi connectivity index (χ3v) is 5.51. The molecule has 0 aromatic heterocycles. The Hall–Kier alpha value is -0.290. The van der Waals surface area contributed by atoms with Gasteiger partial charge in [-0.3, -0.25) is 4.79 Å². The quantitative estimate of drug-likeness (QED) is 0.819. The average molecular weight is 380 g/mol. The summed E-state index contributed by atoms with van der Waals surface area (Å²) < 4.78 is 0.805. The number of piperidine rings is 1. The van der Waals surface area contributed by atoms with Crippen molar-refractivity contribution < 1.29 is 4.79 Å². The van der Waals surface area contributed by atoms with Crippen molar-refractivity contribution in [1.29, 1.82) is 0 Å². The van der Waals surface area contributed by atoms with Gasteiger partial charge in [0, 0.05) is 16.1 Å². The Morgan fingerprint density at radius 1 is 1.40 bits per heavy atom. The molecule has 0 bridgehead atoms. The molecule has 20 heavy (non-hydrogen) atoms. The number of hydrogen-bond donors (Lipinski definition) is 2. The maximum absolute atomic E-state index is 12.3. The number of carbonyl (C=O) groups excluding carboxylic acids is 1. The van der Waals surface area contributed by atoms with Gasteiger partial charge in [0.2, 0.25) is 5.91 Å². The van der Waals surface area contributed by atoms with Crippen molar-refractivity contribution in [1.82, 2.24) is 5.32 Å². The highest BCUT2D eigenvalue weighted by molar-refractivity contribution is 9.10. The van der Waals surface area contributed by atoms with Crippen molar-refractivity contribution in [2.45, 2.75) is 19.3 Å². The summed E-state index contributed by atoms with van der Waals surface area (Å²) in [7, 11) is 0. The summed E-state index contributed by atoms with van der Waals surface area (Å²) in [6.07, 6.45) is 3.28. The Labute approximate surface area is 138 Å². The molecule has 1 amide bonds. The molecule has 1 aliphatic carbocycles. The van der Waals surface area contributed by atoms with Crippen molar-refractivity contribution >= 4 is 51.5 Å². The Morgan fingerprint density at radius 3 is 2.75 bits per heavy atom. The van der Waals surface area contributed by atoms with E-state index in [1.165, 1.54) is 0 Å². The highest BCUT2D eigenvalue weighted by Crippen LogP contribution is 2.58. The first-order valence-electron chi connectivity index (χ1n) is 6.57. The molecule has 6 heteroatoms. The molecule has 2 fully saturated rings. The van der Waals surface area contributed by atoms with Crippen LogP contribution >= 0.6 is 39.9 Å². The second-order valence-electron chi connectivity index (χ2n) is 5.49. The van der Waals surface area contributed by atoms with Crippen LogP contribution in [0.15, 0.2) is 22.7 Å². The molecule has 1 saturated carbocycles. The molecule has 1 aromatic carbocycles. The number of anilines is 1. The second-order valence-corrected chi connectivity index (χ2v) is 6.75. The van der Waals surface area contributed by atoms with Crippen LogP contribution in [0.1, 0.15) is 19.3 Å². The predicted molar refractivity (Wildman–Crippen MR) is 87.7 cm³/mol. The van der Waals surface area contributed by atoms with Gasteiger partial charge in [-0.2, -0.15) is 0 Å². The van der Waals surface area contributed by atoms with E-state index in [2.05, 4.69) is 26.6 Å². The fraction of sp³-hybridized carbons (Fsp3) is 0.500. The topological polar surface area (TPSA) is 41.1 Å². The standard InChI is InChI=1S/C14H16BrClN2O.ClH/c15-11-7-9(1-2-12(11)16)18-13(19)10-8-14(10)3-5-17-6-4-14;/h1-2,7,10,17H,3-6,8H2,(H,18,19);1H. The first-order chi connectivity index (χ1) is 9.11. The van der Waals surface area contributed by atoms with E-state index in [4.69, 9.17) is 11.6 Å². The number of carbonyl (C=O) groups is 1. The maximum Gasteiger partial charge on any atom is 0.228 e. The van der Waals surface area contributed by atoms with Gasteiger partial charge in [0.15, 0.2) is 0 Å². The van der Waals surface area contributed by atoms with Gasteiger partial charge < -0.3 is 10.6 Å². The molecule has 1 atom stereocenters. The first kappa shape index (κ1) is 16.1.